The number of rotatable bonds is 10. The maximum atomic E-state index is 6.13. The fourth-order valence-corrected chi connectivity index (χ4v) is 3.80. The van der Waals surface area contributed by atoms with Crippen molar-refractivity contribution in [1.29, 1.82) is 0 Å². The Morgan fingerprint density at radius 2 is 2.13 bits per heavy atom. The summed E-state index contributed by atoms with van der Waals surface area (Å²) in [4.78, 5) is 8.63. The van der Waals surface area contributed by atoms with Gasteiger partial charge in [-0.3, -0.25) is 4.68 Å². The van der Waals surface area contributed by atoms with Crippen LogP contribution >= 0.6 is 0 Å². The predicted octanol–water partition coefficient (Wildman–Crippen LogP) is 2.60. The Morgan fingerprint density at radius 3 is 2.84 bits per heavy atom. The van der Waals surface area contributed by atoms with Gasteiger partial charge in [0.05, 0.1) is 26.0 Å². The van der Waals surface area contributed by atoms with Crippen LogP contribution in [0.15, 0.2) is 24.4 Å². The summed E-state index contributed by atoms with van der Waals surface area (Å²) >= 11 is 0. The lowest BCUT2D eigenvalue weighted by atomic mass is 9.93. The van der Waals surface area contributed by atoms with Crippen molar-refractivity contribution in [3.8, 4) is 5.75 Å². The quantitative estimate of drug-likeness (QED) is 0.366. The normalized spacial score (nSPS) is 15.1. The molecule has 2 heterocycles. The third-order valence-electron chi connectivity index (χ3n) is 5.73. The Hall–Kier alpha value is -2.91. The predicted molar refractivity (Wildman–Crippen MR) is 123 cm³/mol. The van der Waals surface area contributed by atoms with E-state index < -0.39 is 0 Å². The third kappa shape index (κ3) is 5.05. The molecule has 31 heavy (non-hydrogen) atoms. The molecule has 166 valence electrons. The van der Waals surface area contributed by atoms with Crippen LogP contribution < -0.4 is 26.8 Å². The highest BCUT2D eigenvalue weighted by Gasteiger charge is 2.17. The molecule has 0 bridgehead atoms. The molecule has 0 aliphatic heterocycles. The van der Waals surface area contributed by atoms with E-state index in [2.05, 4.69) is 50.8 Å². The monoisotopic (exact) mass is 424 g/mol. The van der Waals surface area contributed by atoms with E-state index in [9.17, 15) is 0 Å². The van der Waals surface area contributed by atoms with E-state index in [-0.39, 0.29) is 12.1 Å². The van der Waals surface area contributed by atoms with Crippen LogP contribution in [0.5, 0.6) is 5.75 Å². The molecule has 1 saturated carbocycles. The zero-order valence-corrected chi connectivity index (χ0v) is 18.3. The molecule has 0 spiro atoms. The van der Waals surface area contributed by atoms with Crippen molar-refractivity contribution in [2.45, 2.75) is 64.3 Å². The lowest BCUT2D eigenvalue weighted by molar-refractivity contribution is 0.338. The fraction of sp³-hybridized carbons (Fsp3) is 0.500. The Labute approximate surface area is 182 Å². The molecule has 0 saturated heterocycles. The summed E-state index contributed by atoms with van der Waals surface area (Å²) in [6.07, 6.45) is 7.33. The van der Waals surface area contributed by atoms with Gasteiger partial charge in [0.1, 0.15) is 11.3 Å². The Balaban J connectivity index is 1.53. The summed E-state index contributed by atoms with van der Waals surface area (Å²) in [5, 5.41) is 11.5. The van der Waals surface area contributed by atoms with E-state index in [1.807, 2.05) is 10.9 Å². The molecule has 6 N–H and O–H groups in total. The minimum atomic E-state index is -0.214. The minimum Gasteiger partial charge on any atom is -0.496 e. The van der Waals surface area contributed by atoms with Crippen molar-refractivity contribution in [3.63, 3.8) is 0 Å². The SMILES string of the molecule is CCCC(N)Nc1nc(N)nc2cn(Cc3ccc(CNC4CCC4)cc3OC)nc12. The number of aromatic nitrogens is 4. The summed E-state index contributed by atoms with van der Waals surface area (Å²) in [6, 6.07) is 6.99. The van der Waals surface area contributed by atoms with Crippen LogP contribution in [0.2, 0.25) is 0 Å². The number of fused-ring (bicyclic) bond motifs is 1. The Morgan fingerprint density at radius 1 is 1.29 bits per heavy atom. The van der Waals surface area contributed by atoms with Gasteiger partial charge in [0.2, 0.25) is 5.95 Å². The van der Waals surface area contributed by atoms with Crippen LogP contribution in [0.1, 0.15) is 50.2 Å². The summed E-state index contributed by atoms with van der Waals surface area (Å²) in [5.41, 5.74) is 15.6. The molecule has 3 aromatic rings. The van der Waals surface area contributed by atoms with Gasteiger partial charge in [-0.1, -0.05) is 31.9 Å². The largest absolute Gasteiger partial charge is 0.496 e. The van der Waals surface area contributed by atoms with Gasteiger partial charge in [0, 0.05) is 18.2 Å². The Bertz CT molecular complexity index is 1030. The molecule has 1 aliphatic rings. The van der Waals surface area contributed by atoms with Gasteiger partial charge < -0.3 is 26.8 Å². The number of methoxy groups -OCH3 is 1. The van der Waals surface area contributed by atoms with Crippen molar-refractivity contribution in [1.82, 2.24) is 25.1 Å². The minimum absolute atomic E-state index is 0.194. The number of nitrogens with zero attached hydrogens (tertiary/aromatic N) is 4. The highest BCUT2D eigenvalue weighted by Crippen LogP contribution is 2.25. The second kappa shape index (κ2) is 9.49. The molecule has 0 radical (unpaired) electrons. The topological polar surface area (TPSA) is 129 Å². The van der Waals surface area contributed by atoms with E-state index in [1.165, 1.54) is 24.8 Å². The maximum Gasteiger partial charge on any atom is 0.222 e. The zero-order valence-electron chi connectivity index (χ0n) is 18.3. The van der Waals surface area contributed by atoms with Gasteiger partial charge in [-0.15, -0.1) is 0 Å². The van der Waals surface area contributed by atoms with Gasteiger partial charge in [-0.05, 0) is 30.9 Å². The van der Waals surface area contributed by atoms with Gasteiger partial charge >= 0.3 is 0 Å². The molecule has 9 heteroatoms. The lowest BCUT2D eigenvalue weighted by Crippen LogP contribution is -2.34. The van der Waals surface area contributed by atoms with Crippen LogP contribution in [0, 0.1) is 0 Å². The first-order chi connectivity index (χ1) is 15.1. The molecule has 1 atom stereocenters. The molecule has 9 nitrogen and oxygen atoms in total. The van der Waals surface area contributed by atoms with Crippen molar-refractivity contribution >= 4 is 22.8 Å². The molecule has 4 rings (SSSR count). The van der Waals surface area contributed by atoms with Crippen LogP contribution in [0.25, 0.3) is 11.0 Å². The maximum absolute atomic E-state index is 6.13. The average Bonchev–Trinajstić information content (AvgIpc) is 3.10. The first-order valence-electron chi connectivity index (χ1n) is 11.0. The van der Waals surface area contributed by atoms with Crippen molar-refractivity contribution < 1.29 is 4.74 Å². The fourth-order valence-electron chi connectivity index (χ4n) is 3.80. The van der Waals surface area contributed by atoms with E-state index in [0.717, 1.165) is 30.7 Å². The number of hydrogen-bond acceptors (Lipinski definition) is 8. The summed E-state index contributed by atoms with van der Waals surface area (Å²) in [5.74, 6) is 1.60. The van der Waals surface area contributed by atoms with E-state index >= 15 is 0 Å². The Kier molecular flexibility index (Phi) is 6.53. The van der Waals surface area contributed by atoms with E-state index in [4.69, 9.17) is 16.2 Å². The van der Waals surface area contributed by atoms with Crippen molar-refractivity contribution in [3.05, 3.63) is 35.5 Å². The second-order valence-electron chi connectivity index (χ2n) is 8.19. The highest BCUT2D eigenvalue weighted by molar-refractivity contribution is 5.85. The third-order valence-corrected chi connectivity index (χ3v) is 5.73. The smallest absolute Gasteiger partial charge is 0.222 e. The number of nitrogens with one attached hydrogen (secondary N) is 2. The summed E-state index contributed by atoms with van der Waals surface area (Å²) in [7, 11) is 1.70. The zero-order chi connectivity index (χ0) is 21.8. The number of benzene rings is 1. The van der Waals surface area contributed by atoms with Gasteiger partial charge in [-0.25, -0.2) is 4.98 Å². The number of nitrogen functional groups attached to an aromatic ring is 1. The average molecular weight is 425 g/mol. The number of ether oxygens (including phenoxy) is 1. The van der Waals surface area contributed by atoms with Crippen molar-refractivity contribution in [2.24, 2.45) is 5.73 Å². The van der Waals surface area contributed by atoms with Gasteiger partial charge in [0.15, 0.2) is 11.3 Å². The number of hydrogen-bond donors (Lipinski definition) is 4. The van der Waals surface area contributed by atoms with Crippen LogP contribution in [0.3, 0.4) is 0 Å². The first-order valence-corrected chi connectivity index (χ1v) is 11.0. The molecule has 1 unspecified atom stereocenters. The molecule has 0 amide bonds. The molecule has 1 aliphatic carbocycles. The van der Waals surface area contributed by atoms with Gasteiger partial charge in [-0.2, -0.15) is 10.1 Å². The van der Waals surface area contributed by atoms with Crippen LogP contribution in [-0.2, 0) is 13.1 Å². The number of anilines is 2. The second-order valence-corrected chi connectivity index (χ2v) is 8.19. The molecule has 1 aromatic carbocycles. The number of nitrogens with two attached hydrogens (primary N) is 2. The van der Waals surface area contributed by atoms with E-state index in [0.29, 0.717) is 29.4 Å². The first kappa shape index (κ1) is 21.3. The summed E-state index contributed by atoms with van der Waals surface area (Å²) < 4.78 is 7.49. The van der Waals surface area contributed by atoms with Gasteiger partial charge in [0.25, 0.3) is 0 Å². The van der Waals surface area contributed by atoms with E-state index in [1.54, 1.807) is 7.11 Å². The molecular weight excluding hydrogens is 392 g/mol. The lowest BCUT2D eigenvalue weighted by Gasteiger charge is -2.26. The van der Waals surface area contributed by atoms with Crippen LogP contribution in [0.4, 0.5) is 11.8 Å². The standard InChI is InChI=1S/C22H32N8O/c1-3-5-19(23)27-21-20-17(26-22(24)28-21)13-30(29-20)12-15-9-8-14(10-18(15)31-2)11-25-16-6-4-7-16/h8-10,13,16,19,25H,3-7,11-12,23H2,1-2H3,(H3,24,26,27,28). The summed E-state index contributed by atoms with van der Waals surface area (Å²) in [6.45, 7) is 3.49. The molecule has 1 fully saturated rings. The van der Waals surface area contributed by atoms with Crippen molar-refractivity contribution in [2.75, 3.05) is 18.2 Å². The van der Waals surface area contributed by atoms with Crippen LogP contribution in [-0.4, -0.2) is 39.1 Å². The molecule has 2 aromatic heterocycles. The highest BCUT2D eigenvalue weighted by atomic mass is 16.5. The molecular formula is C22H32N8O.